The second-order valence-electron chi connectivity index (χ2n) is 12.1. The molecular formula is C40H30BrN. The predicted octanol–water partition coefficient (Wildman–Crippen LogP) is 11.5. The second-order valence-corrected chi connectivity index (χ2v) is 13.0. The van der Waals surface area contributed by atoms with Crippen LogP contribution in [-0.2, 0) is 5.41 Å². The summed E-state index contributed by atoms with van der Waals surface area (Å²) in [6, 6.07) is 46.9. The molecule has 1 aromatic heterocycles. The standard InChI is InChI=1S/C40H30BrN/c1-25-20-34-31-14-4-6-16-35(31)40(2,3)39(34)38(21-25)42-36-17-7-5-15-32(36)33-24-29(18-19-37(33)42)27-11-8-10-26(22-27)28-12-9-13-30(41)23-28/h4-24H,1-3H3. The van der Waals surface area contributed by atoms with E-state index in [1.807, 2.05) is 0 Å². The van der Waals surface area contributed by atoms with Gasteiger partial charge in [0.25, 0.3) is 0 Å². The maximum absolute atomic E-state index is 3.63. The molecule has 2 heteroatoms. The number of halogens is 1. The van der Waals surface area contributed by atoms with Crippen molar-refractivity contribution in [2.24, 2.45) is 0 Å². The number of benzene rings is 6. The first-order chi connectivity index (χ1) is 20.4. The average Bonchev–Trinajstić information content (AvgIpc) is 3.45. The van der Waals surface area contributed by atoms with Crippen LogP contribution < -0.4 is 0 Å². The molecule has 8 rings (SSSR count). The van der Waals surface area contributed by atoms with Gasteiger partial charge < -0.3 is 4.57 Å². The quantitative estimate of drug-likeness (QED) is 0.189. The normalized spacial score (nSPS) is 13.4. The molecule has 1 aliphatic carbocycles. The Labute approximate surface area is 255 Å². The number of hydrogen-bond donors (Lipinski definition) is 0. The van der Waals surface area contributed by atoms with Crippen molar-refractivity contribution in [3.8, 4) is 39.1 Å². The molecule has 0 N–H and O–H groups in total. The van der Waals surface area contributed by atoms with E-state index in [9.17, 15) is 0 Å². The van der Waals surface area contributed by atoms with Crippen LogP contribution in [0.1, 0.15) is 30.5 Å². The molecule has 7 aromatic rings. The zero-order valence-corrected chi connectivity index (χ0v) is 25.5. The van der Waals surface area contributed by atoms with E-state index in [4.69, 9.17) is 0 Å². The zero-order valence-electron chi connectivity index (χ0n) is 23.9. The molecule has 6 aromatic carbocycles. The molecule has 0 unspecified atom stereocenters. The van der Waals surface area contributed by atoms with E-state index in [0.717, 1.165) is 4.47 Å². The molecule has 0 atom stereocenters. The van der Waals surface area contributed by atoms with E-state index < -0.39 is 0 Å². The summed E-state index contributed by atoms with van der Waals surface area (Å²) in [5.41, 5.74) is 15.3. The van der Waals surface area contributed by atoms with Gasteiger partial charge in [0.2, 0.25) is 0 Å². The minimum atomic E-state index is -0.0977. The topological polar surface area (TPSA) is 4.93 Å². The summed E-state index contributed by atoms with van der Waals surface area (Å²) < 4.78 is 3.60. The van der Waals surface area contributed by atoms with Gasteiger partial charge >= 0.3 is 0 Å². The molecule has 0 amide bonds. The Morgan fingerprint density at radius 3 is 2.02 bits per heavy atom. The fourth-order valence-corrected chi connectivity index (χ4v) is 7.57. The fraction of sp³-hybridized carbons (Fsp3) is 0.100. The summed E-state index contributed by atoms with van der Waals surface area (Å²) in [7, 11) is 0. The number of para-hydroxylation sites is 1. The van der Waals surface area contributed by atoms with Gasteiger partial charge in [-0.3, -0.25) is 0 Å². The van der Waals surface area contributed by atoms with Gasteiger partial charge in [0.1, 0.15) is 0 Å². The first-order valence-electron chi connectivity index (χ1n) is 14.5. The van der Waals surface area contributed by atoms with Gasteiger partial charge in [0, 0.05) is 20.7 Å². The number of rotatable bonds is 3. The molecule has 0 aliphatic heterocycles. The van der Waals surface area contributed by atoms with Crippen LogP contribution in [0.2, 0.25) is 0 Å². The third kappa shape index (κ3) is 3.75. The molecule has 1 heterocycles. The van der Waals surface area contributed by atoms with Crippen molar-refractivity contribution in [3.63, 3.8) is 0 Å². The highest BCUT2D eigenvalue weighted by Crippen LogP contribution is 2.52. The van der Waals surface area contributed by atoms with Crippen LogP contribution in [0.5, 0.6) is 0 Å². The summed E-state index contributed by atoms with van der Waals surface area (Å²) in [6.45, 7) is 6.98. The molecule has 42 heavy (non-hydrogen) atoms. The number of nitrogens with zero attached hydrogens (tertiary/aromatic N) is 1. The lowest BCUT2D eigenvalue weighted by Crippen LogP contribution is -2.18. The lowest BCUT2D eigenvalue weighted by molar-refractivity contribution is 0.656. The van der Waals surface area contributed by atoms with Crippen molar-refractivity contribution in [2.45, 2.75) is 26.2 Å². The Balaban J connectivity index is 1.36. The SMILES string of the molecule is Cc1cc2c(c(-n3c4ccccc4c4cc(-c5cccc(-c6cccc(Br)c6)c5)ccc43)c1)C(C)(C)c1ccccc1-2. The van der Waals surface area contributed by atoms with Gasteiger partial charge in [-0.05, 0) is 99.5 Å². The predicted molar refractivity (Wildman–Crippen MR) is 182 cm³/mol. The lowest BCUT2D eigenvalue weighted by Gasteiger charge is -2.26. The van der Waals surface area contributed by atoms with Gasteiger partial charge in [-0.2, -0.15) is 0 Å². The second kappa shape index (κ2) is 9.31. The van der Waals surface area contributed by atoms with Gasteiger partial charge in [-0.25, -0.2) is 0 Å². The highest BCUT2D eigenvalue weighted by molar-refractivity contribution is 9.10. The molecule has 1 aliphatic rings. The van der Waals surface area contributed by atoms with Crippen molar-refractivity contribution in [3.05, 3.63) is 149 Å². The molecule has 0 fully saturated rings. The van der Waals surface area contributed by atoms with E-state index in [0.29, 0.717) is 0 Å². The highest BCUT2D eigenvalue weighted by atomic mass is 79.9. The van der Waals surface area contributed by atoms with Crippen LogP contribution in [-0.4, -0.2) is 4.57 Å². The Bertz CT molecular complexity index is 2200. The third-order valence-corrected chi connectivity index (χ3v) is 9.54. The van der Waals surface area contributed by atoms with Crippen molar-refractivity contribution in [1.82, 2.24) is 4.57 Å². The van der Waals surface area contributed by atoms with Gasteiger partial charge in [-0.15, -0.1) is 0 Å². The van der Waals surface area contributed by atoms with Crippen LogP contribution in [0.3, 0.4) is 0 Å². The van der Waals surface area contributed by atoms with E-state index >= 15 is 0 Å². The maximum Gasteiger partial charge on any atom is 0.0541 e. The largest absolute Gasteiger partial charge is 0.309 e. The van der Waals surface area contributed by atoms with Crippen molar-refractivity contribution < 1.29 is 0 Å². The Kier molecular flexibility index (Phi) is 5.61. The molecule has 0 spiro atoms. The molecule has 0 radical (unpaired) electrons. The van der Waals surface area contributed by atoms with Crippen LogP contribution in [0.25, 0.3) is 60.9 Å². The Morgan fingerprint density at radius 2 is 1.21 bits per heavy atom. The van der Waals surface area contributed by atoms with Crippen LogP contribution in [0, 0.1) is 6.92 Å². The molecule has 0 bridgehead atoms. The van der Waals surface area contributed by atoms with Crippen molar-refractivity contribution in [1.29, 1.82) is 0 Å². The number of fused-ring (bicyclic) bond motifs is 6. The van der Waals surface area contributed by atoms with E-state index in [1.54, 1.807) is 0 Å². The third-order valence-electron chi connectivity index (χ3n) is 9.04. The number of aromatic nitrogens is 1. The Morgan fingerprint density at radius 1 is 0.548 bits per heavy atom. The average molecular weight is 605 g/mol. The smallest absolute Gasteiger partial charge is 0.0541 e. The Hall–Kier alpha value is -4.40. The number of hydrogen-bond acceptors (Lipinski definition) is 0. The van der Waals surface area contributed by atoms with Gasteiger partial charge in [0.15, 0.2) is 0 Å². The zero-order chi connectivity index (χ0) is 28.6. The molecular weight excluding hydrogens is 574 g/mol. The molecule has 0 saturated carbocycles. The highest BCUT2D eigenvalue weighted by Gasteiger charge is 2.38. The van der Waals surface area contributed by atoms with Crippen LogP contribution in [0.4, 0.5) is 0 Å². The summed E-state index contributed by atoms with van der Waals surface area (Å²) in [5, 5.41) is 2.56. The molecule has 0 saturated heterocycles. The van der Waals surface area contributed by atoms with Gasteiger partial charge in [-0.1, -0.05) is 115 Å². The van der Waals surface area contributed by atoms with E-state index in [-0.39, 0.29) is 5.41 Å². The monoisotopic (exact) mass is 603 g/mol. The summed E-state index contributed by atoms with van der Waals surface area (Å²) in [6.07, 6.45) is 0. The van der Waals surface area contributed by atoms with E-state index in [1.165, 1.54) is 77.6 Å². The van der Waals surface area contributed by atoms with Crippen LogP contribution >= 0.6 is 15.9 Å². The minimum Gasteiger partial charge on any atom is -0.309 e. The van der Waals surface area contributed by atoms with Crippen molar-refractivity contribution in [2.75, 3.05) is 0 Å². The number of aryl methyl sites for hydroxylation is 1. The summed E-state index contributed by atoms with van der Waals surface area (Å²) in [4.78, 5) is 0. The summed E-state index contributed by atoms with van der Waals surface area (Å²) >= 11 is 3.63. The van der Waals surface area contributed by atoms with Crippen LogP contribution in [0.15, 0.2) is 132 Å². The molecule has 202 valence electrons. The van der Waals surface area contributed by atoms with Crippen molar-refractivity contribution >= 4 is 37.7 Å². The van der Waals surface area contributed by atoms with E-state index in [2.05, 4.69) is 169 Å². The first-order valence-corrected chi connectivity index (χ1v) is 15.3. The first kappa shape index (κ1) is 25.3. The van der Waals surface area contributed by atoms with Gasteiger partial charge in [0.05, 0.1) is 16.7 Å². The maximum atomic E-state index is 3.63. The summed E-state index contributed by atoms with van der Waals surface area (Å²) in [5.74, 6) is 0. The molecule has 1 nitrogen and oxygen atoms in total. The lowest BCUT2D eigenvalue weighted by atomic mass is 9.81. The minimum absolute atomic E-state index is 0.0977. The fourth-order valence-electron chi connectivity index (χ4n) is 7.17.